The molecule has 3 heterocycles. The maximum atomic E-state index is 15.4. The average molecular weight is 684 g/mol. The van der Waals surface area contributed by atoms with Gasteiger partial charge in [0.1, 0.15) is 12.2 Å². The fourth-order valence-electron chi connectivity index (χ4n) is 5.90. The van der Waals surface area contributed by atoms with E-state index in [-0.39, 0.29) is 31.8 Å². The summed E-state index contributed by atoms with van der Waals surface area (Å²) >= 11 is 0. The van der Waals surface area contributed by atoms with Crippen molar-refractivity contribution in [3.63, 3.8) is 0 Å². The molecule has 1 aliphatic heterocycles. The number of carbonyl (C=O) groups is 2. The number of rotatable bonds is 12. The van der Waals surface area contributed by atoms with E-state index in [4.69, 9.17) is 14.2 Å². The molecule has 1 unspecified atom stereocenters. The monoisotopic (exact) mass is 683 g/mol. The second kappa shape index (κ2) is 16.6. The summed E-state index contributed by atoms with van der Waals surface area (Å²) in [5, 5.41) is 7.20. The van der Waals surface area contributed by atoms with Crippen LogP contribution in [-0.4, -0.2) is 70.6 Å². The summed E-state index contributed by atoms with van der Waals surface area (Å²) in [6.45, 7) is 8.66. The minimum atomic E-state index is -0.680. The second-order valence-electron chi connectivity index (χ2n) is 13.0. The topological polar surface area (TPSA) is 108 Å². The summed E-state index contributed by atoms with van der Waals surface area (Å²) in [6.07, 6.45) is 7.45. The van der Waals surface area contributed by atoms with Gasteiger partial charge in [0.25, 0.3) is 0 Å². The lowest BCUT2D eigenvalue weighted by atomic mass is 9.88. The summed E-state index contributed by atoms with van der Waals surface area (Å²) in [5.41, 5.74) is 4.78. The molecule has 1 atom stereocenters. The number of nitrogens with zero attached hydrogens (tertiary/aromatic N) is 4. The first-order valence-electron chi connectivity index (χ1n) is 17.1. The minimum Gasteiger partial charge on any atom is -0.476 e. The first-order chi connectivity index (χ1) is 24.1. The van der Waals surface area contributed by atoms with E-state index in [1.807, 2.05) is 42.5 Å². The van der Waals surface area contributed by atoms with Crippen LogP contribution in [0.2, 0.25) is 0 Å². The lowest BCUT2D eigenvalue weighted by molar-refractivity contribution is -0.116. The number of amides is 2. The number of hydrogen-bond acceptors (Lipinski definition) is 7. The molecule has 2 amide bonds. The lowest BCUT2D eigenvalue weighted by Crippen LogP contribution is -2.39. The summed E-state index contributed by atoms with van der Waals surface area (Å²) in [7, 11) is 1.54. The van der Waals surface area contributed by atoms with Gasteiger partial charge in [-0.15, -0.1) is 5.10 Å². The molecular weight excluding hydrogens is 637 g/mol. The molecule has 2 aromatic carbocycles. The van der Waals surface area contributed by atoms with Gasteiger partial charge in [-0.3, -0.25) is 4.79 Å². The van der Waals surface area contributed by atoms with Crippen LogP contribution in [-0.2, 0) is 14.3 Å². The number of nitrogens with one attached hydrogen (secondary N) is 1. The lowest BCUT2D eigenvalue weighted by Gasteiger charge is -2.26. The van der Waals surface area contributed by atoms with Crippen LogP contribution in [0.1, 0.15) is 76.3 Å². The number of halogens is 1. The second-order valence-corrected chi connectivity index (χ2v) is 13.0. The third-order valence-electron chi connectivity index (χ3n) is 8.29. The number of pyridine rings is 1. The molecule has 1 saturated heterocycles. The summed E-state index contributed by atoms with van der Waals surface area (Å²) in [5.74, 6) is -0.415. The normalized spacial score (nSPS) is 15.5. The predicted octanol–water partition coefficient (Wildman–Crippen LogP) is 7.56. The van der Waals surface area contributed by atoms with Crippen LogP contribution < -0.4 is 10.1 Å². The zero-order valence-electron chi connectivity index (χ0n) is 29.4. The van der Waals surface area contributed by atoms with E-state index in [2.05, 4.69) is 34.5 Å². The van der Waals surface area contributed by atoms with Crippen molar-refractivity contribution in [3.05, 3.63) is 102 Å². The molecule has 264 valence electrons. The Bertz CT molecular complexity index is 1820. The van der Waals surface area contributed by atoms with Gasteiger partial charge in [-0.1, -0.05) is 49.4 Å². The zero-order chi connectivity index (χ0) is 35.7. The Morgan fingerprint density at radius 1 is 1.08 bits per heavy atom. The number of hydrogen-bond donors (Lipinski definition) is 1. The summed E-state index contributed by atoms with van der Waals surface area (Å²) in [4.78, 5) is 30.6. The highest BCUT2D eigenvalue weighted by atomic mass is 19.1. The molecule has 10 nitrogen and oxygen atoms in total. The molecule has 2 aromatic heterocycles. The largest absolute Gasteiger partial charge is 0.476 e. The van der Waals surface area contributed by atoms with E-state index in [0.717, 1.165) is 53.5 Å². The van der Waals surface area contributed by atoms with Gasteiger partial charge in [0.2, 0.25) is 17.7 Å². The van der Waals surface area contributed by atoms with Crippen molar-refractivity contribution in [2.75, 3.05) is 33.4 Å². The van der Waals surface area contributed by atoms with E-state index in [9.17, 15) is 9.59 Å². The van der Waals surface area contributed by atoms with Gasteiger partial charge in [-0.2, -0.15) is 4.39 Å². The van der Waals surface area contributed by atoms with E-state index in [0.29, 0.717) is 23.4 Å². The quantitative estimate of drug-likeness (QED) is 0.121. The molecule has 0 bridgehead atoms. The SMILES string of the molecule is CC/C(=C(/c1ccc(OCCN(C/C=C/C(=O)NC)C(=O)OC(C)(C)C)nc1)c1ccc2c(c1)c(F)nn2C1CCCCO1)c1ccccc1. The predicted molar refractivity (Wildman–Crippen MR) is 192 cm³/mol. The summed E-state index contributed by atoms with van der Waals surface area (Å²) in [6, 6.07) is 19.6. The standard InChI is InChI=1S/C39H46FN5O5/c1-6-30(27-13-8-7-9-14-27)36(28-17-19-32-31(25-28)37(40)43-45(32)35-16-10-11-23-49-35)29-18-20-34(42-26-29)48-24-22-44(21-12-15-33(46)41-5)38(47)50-39(2,3)4/h7-9,12-15,17-20,25-26,35H,6,10-11,16,21-24H2,1-5H3,(H,41,46)/b15-12+,36-30-. The van der Waals surface area contributed by atoms with Gasteiger partial charge in [-0.05, 0) is 86.9 Å². The van der Waals surface area contributed by atoms with Gasteiger partial charge in [0.05, 0.1) is 17.4 Å². The van der Waals surface area contributed by atoms with Gasteiger partial charge in [0.15, 0.2) is 6.23 Å². The molecular formula is C39H46FN5O5. The van der Waals surface area contributed by atoms with Crippen molar-refractivity contribution in [3.8, 4) is 5.88 Å². The van der Waals surface area contributed by atoms with E-state index < -0.39 is 17.6 Å². The molecule has 50 heavy (non-hydrogen) atoms. The number of benzene rings is 2. The zero-order valence-corrected chi connectivity index (χ0v) is 29.4. The van der Waals surface area contributed by atoms with Crippen molar-refractivity contribution in [2.45, 2.75) is 65.2 Å². The van der Waals surface area contributed by atoms with Crippen molar-refractivity contribution >= 4 is 34.0 Å². The molecule has 1 aliphatic rings. The third kappa shape index (κ3) is 9.15. The Labute approximate surface area is 292 Å². The Morgan fingerprint density at radius 3 is 2.52 bits per heavy atom. The highest BCUT2D eigenvalue weighted by Crippen LogP contribution is 2.37. The van der Waals surface area contributed by atoms with Crippen LogP contribution in [0.3, 0.4) is 0 Å². The van der Waals surface area contributed by atoms with Crippen LogP contribution in [0.5, 0.6) is 5.88 Å². The Hall–Kier alpha value is -5.03. The Morgan fingerprint density at radius 2 is 1.86 bits per heavy atom. The van der Waals surface area contributed by atoms with Crippen molar-refractivity contribution < 1.29 is 28.2 Å². The summed E-state index contributed by atoms with van der Waals surface area (Å²) < 4.78 is 34.5. The Kier molecular flexibility index (Phi) is 12.0. The van der Waals surface area contributed by atoms with Gasteiger partial charge in [-0.25, -0.2) is 14.5 Å². The van der Waals surface area contributed by atoms with E-state index in [1.54, 1.807) is 43.8 Å². The number of aromatic nitrogens is 3. The maximum absolute atomic E-state index is 15.4. The first kappa shape index (κ1) is 36.3. The van der Waals surface area contributed by atoms with Gasteiger partial charge >= 0.3 is 6.09 Å². The van der Waals surface area contributed by atoms with E-state index in [1.165, 1.54) is 18.0 Å². The minimum absolute atomic E-state index is 0.150. The average Bonchev–Trinajstić information content (AvgIpc) is 3.45. The molecule has 0 saturated carbocycles. The Balaban J connectivity index is 1.41. The fraction of sp³-hybridized carbons (Fsp3) is 0.385. The fourth-order valence-corrected chi connectivity index (χ4v) is 5.90. The van der Waals surface area contributed by atoms with Crippen molar-refractivity contribution in [1.29, 1.82) is 0 Å². The number of fused-ring (bicyclic) bond motifs is 1. The number of carbonyl (C=O) groups excluding carboxylic acids is 2. The smallest absolute Gasteiger partial charge is 0.410 e. The van der Waals surface area contributed by atoms with Gasteiger partial charge < -0.3 is 24.4 Å². The molecule has 1 N–H and O–H groups in total. The van der Waals surface area contributed by atoms with Crippen LogP contribution in [0, 0.1) is 5.95 Å². The first-order valence-corrected chi connectivity index (χ1v) is 17.1. The van der Waals surface area contributed by atoms with Crippen LogP contribution in [0.25, 0.3) is 22.0 Å². The van der Waals surface area contributed by atoms with Crippen LogP contribution in [0.15, 0.2) is 79.0 Å². The van der Waals surface area contributed by atoms with Crippen molar-refractivity contribution in [1.82, 2.24) is 25.0 Å². The molecule has 0 radical (unpaired) electrons. The number of ether oxygens (including phenoxy) is 3. The molecule has 4 aromatic rings. The number of allylic oxidation sites excluding steroid dienone is 1. The third-order valence-corrected chi connectivity index (χ3v) is 8.29. The maximum Gasteiger partial charge on any atom is 0.410 e. The highest BCUT2D eigenvalue weighted by Gasteiger charge is 2.24. The number of likely N-dealkylation sites (N-methyl/N-ethyl adjacent to an activating group) is 1. The molecule has 0 aliphatic carbocycles. The molecule has 5 rings (SSSR count). The van der Waals surface area contributed by atoms with Gasteiger partial charge in [0, 0.05) is 44.1 Å². The van der Waals surface area contributed by atoms with Crippen LogP contribution in [0.4, 0.5) is 9.18 Å². The highest BCUT2D eigenvalue weighted by molar-refractivity contribution is 6.00. The molecule has 1 fully saturated rings. The van der Waals surface area contributed by atoms with Crippen LogP contribution >= 0.6 is 0 Å². The van der Waals surface area contributed by atoms with Crippen molar-refractivity contribution in [2.24, 2.45) is 0 Å². The molecule has 0 spiro atoms. The van der Waals surface area contributed by atoms with E-state index >= 15 is 4.39 Å². The molecule has 11 heteroatoms.